The molecule has 0 aromatic heterocycles. The lowest BCUT2D eigenvalue weighted by atomic mass is 10.1. The van der Waals surface area contributed by atoms with Crippen molar-refractivity contribution in [3.63, 3.8) is 0 Å². The minimum absolute atomic E-state index is 0.226. The standard InChI is InChI=1S/C19H34NO9PS/c1-13-9-15(10-14(2)17(13)27-20-29-19(3,4)5)12-31-30(24,26-8-7-21)28-16(11-22)18(23)25-6/h9-10,16,18,20-23H,7-8,11-12H2,1-6H3. The number of rotatable bonds is 14. The smallest absolute Gasteiger partial charge is 0.390 e. The largest absolute Gasteiger partial charge is 0.394 e. The molecule has 1 aromatic carbocycles. The van der Waals surface area contributed by atoms with Gasteiger partial charge in [-0.2, -0.15) is 0 Å². The van der Waals surface area contributed by atoms with E-state index in [1.807, 2.05) is 46.8 Å². The maximum Gasteiger partial charge on any atom is 0.390 e. The van der Waals surface area contributed by atoms with Gasteiger partial charge in [-0.05, 0) is 68.3 Å². The Hall–Kier alpha value is -0.720. The molecule has 3 atom stereocenters. The first-order chi connectivity index (χ1) is 14.4. The van der Waals surface area contributed by atoms with Crippen molar-refractivity contribution in [2.45, 2.75) is 58.4 Å². The van der Waals surface area contributed by atoms with Crippen LogP contribution < -0.4 is 10.5 Å². The number of hydrogen-bond acceptors (Lipinski definition) is 11. The van der Waals surface area contributed by atoms with Crippen molar-refractivity contribution >= 4 is 18.2 Å². The van der Waals surface area contributed by atoms with Crippen LogP contribution in [0.2, 0.25) is 0 Å². The number of aliphatic hydroxyl groups is 3. The zero-order chi connectivity index (χ0) is 23.7. The van der Waals surface area contributed by atoms with E-state index in [9.17, 15) is 14.8 Å². The lowest BCUT2D eigenvalue weighted by molar-refractivity contribution is -0.175. The van der Waals surface area contributed by atoms with E-state index in [1.54, 1.807) is 0 Å². The van der Waals surface area contributed by atoms with Gasteiger partial charge in [0.2, 0.25) is 0 Å². The number of methoxy groups -OCH3 is 1. The van der Waals surface area contributed by atoms with Crippen LogP contribution in [-0.4, -0.2) is 60.2 Å². The van der Waals surface area contributed by atoms with Crippen LogP contribution in [0.25, 0.3) is 0 Å². The van der Waals surface area contributed by atoms with Crippen LogP contribution in [0.15, 0.2) is 12.1 Å². The Morgan fingerprint density at radius 3 is 2.29 bits per heavy atom. The van der Waals surface area contributed by atoms with Gasteiger partial charge >= 0.3 is 6.80 Å². The predicted octanol–water partition coefficient (Wildman–Crippen LogP) is 2.61. The summed E-state index contributed by atoms with van der Waals surface area (Å²) in [6.07, 6.45) is -2.75. The second kappa shape index (κ2) is 13.1. The molecule has 0 radical (unpaired) electrons. The molecule has 1 aromatic rings. The number of hydrogen-bond donors (Lipinski definition) is 4. The summed E-state index contributed by atoms with van der Waals surface area (Å²) in [4.78, 5) is 10.9. The monoisotopic (exact) mass is 483 g/mol. The summed E-state index contributed by atoms with van der Waals surface area (Å²) >= 11 is 0.874. The lowest BCUT2D eigenvalue weighted by Gasteiger charge is -2.25. The molecular formula is C19H34NO9PS. The van der Waals surface area contributed by atoms with E-state index in [4.69, 9.17) is 28.6 Å². The van der Waals surface area contributed by atoms with E-state index in [0.717, 1.165) is 28.1 Å². The van der Waals surface area contributed by atoms with Gasteiger partial charge in [-0.1, -0.05) is 12.1 Å². The van der Waals surface area contributed by atoms with Gasteiger partial charge in [0.1, 0.15) is 6.10 Å². The van der Waals surface area contributed by atoms with E-state index in [-0.39, 0.29) is 19.0 Å². The zero-order valence-corrected chi connectivity index (χ0v) is 20.5. The molecule has 10 nitrogen and oxygen atoms in total. The van der Waals surface area contributed by atoms with Crippen LogP contribution in [0, 0.1) is 13.8 Å². The molecule has 0 aliphatic rings. The Labute approximate surface area is 187 Å². The molecule has 0 amide bonds. The van der Waals surface area contributed by atoms with E-state index < -0.39 is 31.4 Å². The summed E-state index contributed by atoms with van der Waals surface area (Å²) in [6.45, 7) is 4.34. The summed E-state index contributed by atoms with van der Waals surface area (Å²) in [6, 6.07) is 3.72. The third-order valence-electron chi connectivity index (χ3n) is 3.75. The normalized spacial score (nSPS) is 16.0. The van der Waals surface area contributed by atoms with Gasteiger partial charge in [0, 0.05) is 12.9 Å². The highest BCUT2D eigenvalue weighted by atomic mass is 32.7. The van der Waals surface area contributed by atoms with Crippen molar-refractivity contribution in [2.24, 2.45) is 0 Å². The highest BCUT2D eigenvalue weighted by Gasteiger charge is 2.33. The van der Waals surface area contributed by atoms with Gasteiger partial charge in [-0.25, -0.2) is 4.57 Å². The number of nitrogens with one attached hydrogen (secondary N) is 1. The highest BCUT2D eigenvalue weighted by molar-refractivity contribution is 8.54. The van der Waals surface area contributed by atoms with E-state index in [1.165, 1.54) is 7.11 Å². The molecule has 0 saturated carbocycles. The third-order valence-corrected chi connectivity index (χ3v) is 7.46. The highest BCUT2D eigenvalue weighted by Crippen LogP contribution is 2.62. The number of aliphatic hydroxyl groups excluding tert-OH is 3. The van der Waals surface area contributed by atoms with Crippen molar-refractivity contribution < 1.29 is 43.3 Å². The molecule has 0 aliphatic heterocycles. The van der Waals surface area contributed by atoms with Crippen molar-refractivity contribution in [3.8, 4) is 5.75 Å². The predicted molar refractivity (Wildman–Crippen MR) is 117 cm³/mol. The van der Waals surface area contributed by atoms with Crippen LogP contribution in [0.3, 0.4) is 0 Å². The molecule has 0 aliphatic carbocycles. The lowest BCUT2D eigenvalue weighted by Crippen LogP contribution is -2.33. The summed E-state index contributed by atoms with van der Waals surface area (Å²) in [5, 5.41) is 28.2. The van der Waals surface area contributed by atoms with Gasteiger partial charge in [-0.15, -0.1) is 0 Å². The Morgan fingerprint density at radius 1 is 1.19 bits per heavy atom. The minimum atomic E-state index is -3.83. The molecule has 0 saturated heterocycles. The Kier molecular flexibility index (Phi) is 12.0. The molecule has 4 N–H and O–H groups in total. The minimum Gasteiger partial charge on any atom is -0.394 e. The fourth-order valence-electron chi connectivity index (χ4n) is 2.37. The van der Waals surface area contributed by atoms with Crippen molar-refractivity contribution in [3.05, 3.63) is 28.8 Å². The number of benzene rings is 1. The average molecular weight is 484 g/mol. The summed E-state index contributed by atoms with van der Waals surface area (Å²) < 4.78 is 28.4. The van der Waals surface area contributed by atoms with E-state index in [0.29, 0.717) is 5.75 Å². The van der Waals surface area contributed by atoms with Crippen molar-refractivity contribution in [1.82, 2.24) is 5.64 Å². The summed E-state index contributed by atoms with van der Waals surface area (Å²) in [7, 11) is 1.22. The summed E-state index contributed by atoms with van der Waals surface area (Å²) in [5.41, 5.74) is 4.56. The third kappa shape index (κ3) is 10.2. The Bertz CT molecular complexity index is 706. The molecule has 0 fully saturated rings. The molecule has 180 valence electrons. The summed E-state index contributed by atoms with van der Waals surface area (Å²) in [5.74, 6) is 0.857. The molecule has 12 heteroatoms. The first-order valence-electron chi connectivity index (χ1n) is 9.64. The second-order valence-electron chi connectivity index (χ2n) is 7.69. The van der Waals surface area contributed by atoms with Gasteiger partial charge in [0.15, 0.2) is 12.0 Å². The Morgan fingerprint density at radius 2 is 1.81 bits per heavy atom. The molecule has 0 heterocycles. The first kappa shape index (κ1) is 28.3. The van der Waals surface area contributed by atoms with Gasteiger partial charge in [0.05, 0.1) is 25.4 Å². The van der Waals surface area contributed by atoms with Crippen LogP contribution in [0.5, 0.6) is 5.75 Å². The fourth-order valence-corrected chi connectivity index (χ4v) is 5.73. The SMILES string of the molecule is COC(O)C(CO)OP(=O)(OCCO)SCc1cc(C)c(ONOC(C)(C)C)c(C)c1. The van der Waals surface area contributed by atoms with Crippen LogP contribution >= 0.6 is 18.2 Å². The second-order valence-corrected chi connectivity index (χ2v) is 11.7. The molecule has 1 rings (SSSR count). The quantitative estimate of drug-likeness (QED) is 0.177. The van der Waals surface area contributed by atoms with Gasteiger partial charge < -0.3 is 24.9 Å². The average Bonchev–Trinajstić information content (AvgIpc) is 2.70. The van der Waals surface area contributed by atoms with E-state index >= 15 is 0 Å². The van der Waals surface area contributed by atoms with Gasteiger partial charge in [-0.3, -0.25) is 13.9 Å². The van der Waals surface area contributed by atoms with Crippen molar-refractivity contribution in [2.75, 3.05) is 26.9 Å². The van der Waals surface area contributed by atoms with Crippen LogP contribution in [0.4, 0.5) is 0 Å². The maximum absolute atomic E-state index is 13.1. The topological polar surface area (TPSA) is 136 Å². The van der Waals surface area contributed by atoms with Crippen molar-refractivity contribution in [1.29, 1.82) is 0 Å². The van der Waals surface area contributed by atoms with E-state index in [2.05, 4.69) is 5.64 Å². The molecular weight excluding hydrogens is 449 g/mol. The Balaban J connectivity index is 2.89. The maximum atomic E-state index is 13.1. The number of ether oxygens (including phenoxy) is 1. The van der Waals surface area contributed by atoms with Crippen LogP contribution in [-0.2, 0) is 28.9 Å². The zero-order valence-electron chi connectivity index (χ0n) is 18.8. The molecule has 0 bridgehead atoms. The number of aryl methyl sites for hydroxylation is 2. The molecule has 0 spiro atoms. The fraction of sp³-hybridized carbons (Fsp3) is 0.684. The van der Waals surface area contributed by atoms with Crippen LogP contribution in [0.1, 0.15) is 37.5 Å². The first-order valence-corrected chi connectivity index (χ1v) is 12.8. The molecule has 31 heavy (non-hydrogen) atoms. The van der Waals surface area contributed by atoms with Gasteiger partial charge in [0.25, 0.3) is 0 Å². The molecule has 3 unspecified atom stereocenters.